The van der Waals surface area contributed by atoms with Crippen molar-refractivity contribution in [1.29, 1.82) is 0 Å². The topological polar surface area (TPSA) is 29.5 Å². The summed E-state index contributed by atoms with van der Waals surface area (Å²) in [6, 6.07) is 0. The van der Waals surface area contributed by atoms with Gasteiger partial charge in [-0.05, 0) is 18.8 Å². The molecule has 1 atom stereocenters. The third-order valence-electron chi connectivity index (χ3n) is 3.60. The van der Waals surface area contributed by atoms with Gasteiger partial charge in [-0.1, -0.05) is 12.8 Å². The number of carbonyl (C=O) groups is 1. The zero-order valence-electron chi connectivity index (χ0n) is 9.66. The number of nitrogens with zero attached hydrogens (tertiary/aromatic N) is 1. The van der Waals surface area contributed by atoms with E-state index in [2.05, 4.69) is 0 Å². The molecule has 1 aliphatic heterocycles. The van der Waals surface area contributed by atoms with Crippen LogP contribution in [0.5, 0.6) is 0 Å². The van der Waals surface area contributed by atoms with Crippen LogP contribution >= 0.6 is 11.6 Å². The van der Waals surface area contributed by atoms with Crippen LogP contribution in [0.1, 0.15) is 32.1 Å². The van der Waals surface area contributed by atoms with E-state index in [1.54, 1.807) is 0 Å². The molecule has 16 heavy (non-hydrogen) atoms. The molecule has 1 saturated heterocycles. The van der Waals surface area contributed by atoms with Gasteiger partial charge in [0.05, 0.1) is 18.6 Å². The number of alkyl halides is 1. The minimum absolute atomic E-state index is 0.0305. The maximum atomic E-state index is 12.0. The highest BCUT2D eigenvalue weighted by Crippen LogP contribution is 2.28. The second-order valence-electron chi connectivity index (χ2n) is 4.84. The molecule has 0 N–H and O–H groups in total. The fourth-order valence-electron chi connectivity index (χ4n) is 2.63. The van der Waals surface area contributed by atoms with Gasteiger partial charge < -0.3 is 9.64 Å². The zero-order valence-corrected chi connectivity index (χ0v) is 10.4. The van der Waals surface area contributed by atoms with E-state index in [4.69, 9.17) is 16.3 Å². The smallest absolute Gasteiger partial charge is 0.223 e. The van der Waals surface area contributed by atoms with E-state index in [0.717, 1.165) is 13.0 Å². The van der Waals surface area contributed by atoms with Gasteiger partial charge in [-0.25, -0.2) is 0 Å². The molecule has 1 unspecified atom stereocenters. The number of rotatable bonds is 3. The molecule has 3 nitrogen and oxygen atoms in total. The molecule has 0 aromatic carbocycles. The second kappa shape index (κ2) is 5.87. The van der Waals surface area contributed by atoms with Crippen LogP contribution in [0.15, 0.2) is 0 Å². The van der Waals surface area contributed by atoms with Gasteiger partial charge in [0.1, 0.15) is 0 Å². The van der Waals surface area contributed by atoms with Gasteiger partial charge in [0.25, 0.3) is 0 Å². The Kier molecular flexibility index (Phi) is 4.47. The first-order valence-corrected chi connectivity index (χ1v) is 6.78. The minimum atomic E-state index is 0.0305. The molecule has 1 amide bonds. The van der Waals surface area contributed by atoms with Crippen LogP contribution in [0.3, 0.4) is 0 Å². The SMILES string of the molecule is O=C(CC1CCCC1)N1CCOC(CCl)C1. The Bertz CT molecular complexity index is 241. The Morgan fingerprint density at radius 1 is 1.38 bits per heavy atom. The number of amides is 1. The standard InChI is InChI=1S/C12H20ClNO2/c13-8-11-9-14(5-6-16-11)12(15)7-10-3-1-2-4-10/h10-11H,1-9H2. The molecule has 0 bridgehead atoms. The Hall–Kier alpha value is -0.280. The quantitative estimate of drug-likeness (QED) is 0.712. The number of hydrogen-bond acceptors (Lipinski definition) is 2. The van der Waals surface area contributed by atoms with Gasteiger partial charge in [0.15, 0.2) is 0 Å². The maximum Gasteiger partial charge on any atom is 0.223 e. The molecule has 1 heterocycles. The summed E-state index contributed by atoms with van der Waals surface area (Å²) in [6.07, 6.45) is 5.82. The van der Waals surface area contributed by atoms with Crippen LogP contribution in [-0.4, -0.2) is 42.5 Å². The minimum Gasteiger partial charge on any atom is -0.373 e. The van der Waals surface area contributed by atoms with E-state index in [1.807, 2.05) is 4.90 Å². The zero-order chi connectivity index (χ0) is 11.4. The molecule has 2 rings (SSSR count). The van der Waals surface area contributed by atoms with Crippen LogP contribution in [0.25, 0.3) is 0 Å². The number of morpholine rings is 1. The van der Waals surface area contributed by atoms with Gasteiger partial charge >= 0.3 is 0 Å². The van der Waals surface area contributed by atoms with Gasteiger partial charge in [-0.3, -0.25) is 4.79 Å². The van der Waals surface area contributed by atoms with Crippen molar-refractivity contribution in [3.05, 3.63) is 0 Å². The molecule has 92 valence electrons. The first-order valence-electron chi connectivity index (χ1n) is 6.25. The highest BCUT2D eigenvalue weighted by molar-refractivity contribution is 6.18. The molecule has 2 fully saturated rings. The molecule has 0 radical (unpaired) electrons. The van der Waals surface area contributed by atoms with Crippen LogP contribution in [0.4, 0.5) is 0 Å². The van der Waals surface area contributed by atoms with E-state index >= 15 is 0 Å². The van der Waals surface area contributed by atoms with Crippen molar-refractivity contribution in [2.24, 2.45) is 5.92 Å². The van der Waals surface area contributed by atoms with Crippen LogP contribution in [0, 0.1) is 5.92 Å². The third-order valence-corrected chi connectivity index (χ3v) is 3.95. The van der Waals surface area contributed by atoms with Crippen molar-refractivity contribution in [2.45, 2.75) is 38.2 Å². The summed E-state index contributed by atoms with van der Waals surface area (Å²) in [5, 5.41) is 0. The molecular weight excluding hydrogens is 226 g/mol. The lowest BCUT2D eigenvalue weighted by molar-refractivity contribution is -0.138. The van der Waals surface area contributed by atoms with Crippen molar-refractivity contribution in [2.75, 3.05) is 25.6 Å². The molecule has 0 spiro atoms. The lowest BCUT2D eigenvalue weighted by atomic mass is 10.0. The Balaban J connectivity index is 1.79. The average Bonchev–Trinajstić information content (AvgIpc) is 2.82. The lowest BCUT2D eigenvalue weighted by Crippen LogP contribution is -2.46. The summed E-state index contributed by atoms with van der Waals surface area (Å²) in [5.41, 5.74) is 0. The van der Waals surface area contributed by atoms with Crippen LogP contribution in [0.2, 0.25) is 0 Å². The first kappa shape index (κ1) is 12.2. The van der Waals surface area contributed by atoms with E-state index in [-0.39, 0.29) is 6.10 Å². The summed E-state index contributed by atoms with van der Waals surface area (Å²) in [5.74, 6) is 1.41. The molecule has 2 aliphatic rings. The van der Waals surface area contributed by atoms with Gasteiger partial charge in [-0.15, -0.1) is 11.6 Å². The lowest BCUT2D eigenvalue weighted by Gasteiger charge is -2.32. The summed E-state index contributed by atoms with van der Waals surface area (Å²) < 4.78 is 5.45. The highest BCUT2D eigenvalue weighted by Gasteiger charge is 2.26. The summed E-state index contributed by atoms with van der Waals surface area (Å²) in [4.78, 5) is 14.0. The number of halogens is 1. The number of hydrogen-bond donors (Lipinski definition) is 0. The normalized spacial score (nSPS) is 27.3. The average molecular weight is 246 g/mol. The fraction of sp³-hybridized carbons (Fsp3) is 0.917. The van der Waals surface area contributed by atoms with E-state index < -0.39 is 0 Å². The third kappa shape index (κ3) is 3.11. The maximum absolute atomic E-state index is 12.0. The van der Waals surface area contributed by atoms with Crippen molar-refractivity contribution in [3.8, 4) is 0 Å². The number of ether oxygens (including phenoxy) is 1. The monoisotopic (exact) mass is 245 g/mol. The first-order chi connectivity index (χ1) is 7.79. The van der Waals surface area contributed by atoms with E-state index in [1.165, 1.54) is 25.7 Å². The van der Waals surface area contributed by atoms with Crippen molar-refractivity contribution in [1.82, 2.24) is 4.90 Å². The van der Waals surface area contributed by atoms with Gasteiger partial charge in [0, 0.05) is 19.5 Å². The predicted molar refractivity (Wildman–Crippen MR) is 63.6 cm³/mol. The second-order valence-corrected chi connectivity index (χ2v) is 5.15. The summed E-state index contributed by atoms with van der Waals surface area (Å²) in [6.45, 7) is 2.04. The van der Waals surface area contributed by atoms with Crippen LogP contribution < -0.4 is 0 Å². The highest BCUT2D eigenvalue weighted by atomic mass is 35.5. The van der Waals surface area contributed by atoms with Crippen molar-refractivity contribution in [3.63, 3.8) is 0 Å². The largest absolute Gasteiger partial charge is 0.373 e. The van der Waals surface area contributed by atoms with Gasteiger partial charge in [-0.2, -0.15) is 0 Å². The molecule has 1 saturated carbocycles. The Morgan fingerprint density at radius 2 is 2.12 bits per heavy atom. The number of carbonyl (C=O) groups excluding carboxylic acids is 1. The van der Waals surface area contributed by atoms with E-state index in [0.29, 0.717) is 30.9 Å². The van der Waals surface area contributed by atoms with Gasteiger partial charge in [0.2, 0.25) is 5.91 Å². The fourth-order valence-corrected chi connectivity index (χ4v) is 2.82. The molecule has 1 aliphatic carbocycles. The van der Waals surface area contributed by atoms with E-state index in [9.17, 15) is 4.79 Å². The Labute approximate surface area is 102 Å². The summed E-state index contributed by atoms with van der Waals surface area (Å²) in [7, 11) is 0. The van der Waals surface area contributed by atoms with Crippen LogP contribution in [-0.2, 0) is 9.53 Å². The molecular formula is C12H20ClNO2. The van der Waals surface area contributed by atoms with Crippen molar-refractivity contribution >= 4 is 17.5 Å². The molecule has 0 aromatic rings. The predicted octanol–water partition coefficient (Wildman–Crippen LogP) is 2.03. The van der Waals surface area contributed by atoms with Crippen molar-refractivity contribution < 1.29 is 9.53 Å². The summed E-state index contributed by atoms with van der Waals surface area (Å²) >= 11 is 5.76. The molecule has 0 aromatic heterocycles. The Morgan fingerprint density at radius 3 is 2.81 bits per heavy atom. The molecule has 4 heteroatoms.